The Balaban J connectivity index is 1.97. The molecule has 25 heavy (non-hydrogen) atoms. The van der Waals surface area contributed by atoms with Gasteiger partial charge in [0.15, 0.2) is 0 Å². The third-order valence-electron chi connectivity index (χ3n) is 4.45. The number of hydrogen-bond donors (Lipinski definition) is 1. The molecule has 0 bridgehead atoms. The van der Waals surface area contributed by atoms with E-state index in [-0.39, 0.29) is 15.8 Å². The molecule has 0 fully saturated rings. The molecule has 8 heteroatoms. The first-order valence-corrected chi connectivity index (χ1v) is 9.33. The van der Waals surface area contributed by atoms with Gasteiger partial charge in [-0.25, -0.2) is 0 Å². The van der Waals surface area contributed by atoms with E-state index in [1.807, 2.05) is 0 Å². The van der Waals surface area contributed by atoms with Crippen LogP contribution >= 0.6 is 11.6 Å². The van der Waals surface area contributed by atoms with Crippen LogP contribution in [0.3, 0.4) is 0 Å². The average molecular weight is 391 g/mol. The van der Waals surface area contributed by atoms with Crippen LogP contribution in [0.4, 0.5) is 13.2 Å². The first-order valence-electron chi connectivity index (χ1n) is 7.51. The Kier molecular flexibility index (Phi) is 4.59. The van der Waals surface area contributed by atoms with Gasteiger partial charge in [-0.15, -0.1) is 0 Å². The van der Waals surface area contributed by atoms with Crippen LogP contribution in [0.15, 0.2) is 41.3 Å². The zero-order chi connectivity index (χ0) is 18.4. The lowest BCUT2D eigenvalue weighted by atomic mass is 9.79. The maximum absolute atomic E-state index is 13.0. The van der Waals surface area contributed by atoms with Crippen molar-refractivity contribution in [2.75, 3.05) is 0 Å². The lowest BCUT2D eigenvalue weighted by molar-refractivity contribution is -0.137. The standard InChI is InChI=1S/C17H14ClF3O3S/c18-16-9-13(17(19,20)21)7-12-6-11(4-5-15(12)16)10-2-1-3-14(8-10)25(22,23)24/h1-3,7-9,11H,4-6H2,(H,22,23,24). The van der Waals surface area contributed by atoms with E-state index >= 15 is 0 Å². The highest BCUT2D eigenvalue weighted by atomic mass is 35.5. The van der Waals surface area contributed by atoms with E-state index in [9.17, 15) is 21.6 Å². The van der Waals surface area contributed by atoms with Crippen molar-refractivity contribution in [3.63, 3.8) is 0 Å². The van der Waals surface area contributed by atoms with Crippen LogP contribution in [-0.4, -0.2) is 13.0 Å². The van der Waals surface area contributed by atoms with E-state index in [4.69, 9.17) is 16.2 Å². The van der Waals surface area contributed by atoms with Crippen LogP contribution in [0, 0.1) is 0 Å². The molecule has 0 aromatic heterocycles. The Morgan fingerprint density at radius 3 is 2.52 bits per heavy atom. The normalized spacial score (nSPS) is 18.0. The van der Waals surface area contributed by atoms with Gasteiger partial charge < -0.3 is 0 Å². The average Bonchev–Trinajstić information content (AvgIpc) is 2.53. The van der Waals surface area contributed by atoms with Crippen molar-refractivity contribution in [1.29, 1.82) is 0 Å². The Hall–Kier alpha value is -1.57. The van der Waals surface area contributed by atoms with Crippen molar-refractivity contribution in [3.8, 4) is 0 Å². The Labute approximate surface area is 148 Å². The number of benzene rings is 2. The quantitative estimate of drug-likeness (QED) is 0.744. The lowest BCUT2D eigenvalue weighted by Crippen LogP contribution is -2.16. The Morgan fingerprint density at radius 2 is 1.88 bits per heavy atom. The molecule has 1 N–H and O–H groups in total. The molecular formula is C17H14ClF3O3S. The molecule has 2 aromatic carbocycles. The van der Waals surface area contributed by atoms with Gasteiger partial charge in [0.25, 0.3) is 10.1 Å². The summed E-state index contributed by atoms with van der Waals surface area (Å²) in [6.07, 6.45) is -3.01. The van der Waals surface area contributed by atoms with Crippen molar-refractivity contribution < 1.29 is 26.1 Å². The monoisotopic (exact) mass is 390 g/mol. The minimum Gasteiger partial charge on any atom is -0.282 e. The van der Waals surface area contributed by atoms with Crippen LogP contribution < -0.4 is 0 Å². The first kappa shape index (κ1) is 18.2. The summed E-state index contributed by atoms with van der Waals surface area (Å²) in [4.78, 5) is -0.224. The fraction of sp³-hybridized carbons (Fsp3) is 0.294. The van der Waals surface area contributed by atoms with E-state index in [0.29, 0.717) is 36.0 Å². The van der Waals surface area contributed by atoms with E-state index in [1.54, 1.807) is 6.07 Å². The van der Waals surface area contributed by atoms with Gasteiger partial charge in [-0.1, -0.05) is 23.7 Å². The van der Waals surface area contributed by atoms with Crippen molar-refractivity contribution >= 4 is 21.7 Å². The van der Waals surface area contributed by atoms with Crippen molar-refractivity contribution in [2.24, 2.45) is 0 Å². The zero-order valence-corrected chi connectivity index (χ0v) is 14.4. The van der Waals surface area contributed by atoms with Crippen molar-refractivity contribution in [1.82, 2.24) is 0 Å². The first-order chi connectivity index (χ1) is 11.6. The van der Waals surface area contributed by atoms with Crippen LogP contribution in [0.25, 0.3) is 0 Å². The minimum atomic E-state index is -4.48. The molecule has 1 atom stereocenters. The minimum absolute atomic E-state index is 0.106. The molecule has 0 amide bonds. The molecule has 1 aliphatic carbocycles. The Bertz CT molecular complexity index is 923. The summed E-state index contributed by atoms with van der Waals surface area (Å²) in [5, 5.41) is 0.106. The molecule has 0 spiro atoms. The lowest BCUT2D eigenvalue weighted by Gasteiger charge is -2.27. The smallest absolute Gasteiger partial charge is 0.282 e. The SMILES string of the molecule is O=S(=O)(O)c1cccc(C2CCc3c(Cl)cc(C(F)(F)F)cc3C2)c1. The van der Waals surface area contributed by atoms with Crippen LogP contribution in [-0.2, 0) is 29.1 Å². The van der Waals surface area contributed by atoms with Gasteiger partial charge in [0.2, 0.25) is 0 Å². The summed E-state index contributed by atoms with van der Waals surface area (Å²) < 4.78 is 70.7. The number of hydrogen-bond acceptors (Lipinski definition) is 2. The second-order valence-corrected chi connectivity index (χ2v) is 7.91. The molecule has 3 nitrogen and oxygen atoms in total. The summed E-state index contributed by atoms with van der Waals surface area (Å²) in [7, 11) is -4.33. The maximum atomic E-state index is 13.0. The van der Waals surface area contributed by atoms with Gasteiger partial charge in [0.05, 0.1) is 10.5 Å². The summed E-state index contributed by atoms with van der Waals surface area (Å²) in [5.41, 5.74) is 1.10. The summed E-state index contributed by atoms with van der Waals surface area (Å²) >= 11 is 6.02. The van der Waals surface area contributed by atoms with Gasteiger partial charge >= 0.3 is 6.18 Å². The molecule has 1 unspecified atom stereocenters. The number of fused-ring (bicyclic) bond motifs is 1. The van der Waals surface area contributed by atoms with Gasteiger partial charge in [-0.2, -0.15) is 21.6 Å². The van der Waals surface area contributed by atoms with E-state index in [1.165, 1.54) is 18.2 Å². The van der Waals surface area contributed by atoms with Gasteiger partial charge in [0, 0.05) is 5.02 Å². The zero-order valence-electron chi connectivity index (χ0n) is 12.8. The van der Waals surface area contributed by atoms with E-state index in [0.717, 1.165) is 12.1 Å². The van der Waals surface area contributed by atoms with Crippen LogP contribution in [0.2, 0.25) is 5.02 Å². The molecule has 0 saturated carbocycles. The Morgan fingerprint density at radius 1 is 1.16 bits per heavy atom. The van der Waals surface area contributed by atoms with Gasteiger partial charge in [0.1, 0.15) is 0 Å². The highest BCUT2D eigenvalue weighted by Gasteiger charge is 2.33. The largest absolute Gasteiger partial charge is 0.416 e. The number of halogens is 4. The van der Waals surface area contributed by atoms with Gasteiger partial charge in [-0.05, 0) is 66.1 Å². The fourth-order valence-electron chi connectivity index (χ4n) is 3.22. The predicted octanol–water partition coefficient (Wildman–Crippen LogP) is 4.88. The van der Waals surface area contributed by atoms with Gasteiger partial charge in [-0.3, -0.25) is 4.55 Å². The van der Waals surface area contributed by atoms with E-state index < -0.39 is 21.9 Å². The molecule has 0 radical (unpaired) electrons. The second kappa shape index (κ2) is 6.30. The molecule has 3 rings (SSSR count). The van der Waals surface area contributed by atoms with Crippen LogP contribution in [0.5, 0.6) is 0 Å². The topological polar surface area (TPSA) is 54.4 Å². The van der Waals surface area contributed by atoms with Crippen LogP contribution in [0.1, 0.15) is 34.6 Å². The molecule has 1 aliphatic rings. The number of rotatable bonds is 2. The summed E-state index contributed by atoms with van der Waals surface area (Å²) in [6, 6.07) is 7.90. The summed E-state index contributed by atoms with van der Waals surface area (Å²) in [6.45, 7) is 0. The maximum Gasteiger partial charge on any atom is 0.416 e. The molecule has 2 aromatic rings. The number of alkyl halides is 3. The molecule has 0 heterocycles. The molecule has 0 saturated heterocycles. The second-order valence-electron chi connectivity index (χ2n) is 6.08. The molecular weight excluding hydrogens is 377 g/mol. The molecule has 0 aliphatic heterocycles. The van der Waals surface area contributed by atoms with E-state index in [2.05, 4.69) is 0 Å². The molecule has 134 valence electrons. The predicted molar refractivity (Wildman–Crippen MR) is 87.5 cm³/mol. The van der Waals surface area contributed by atoms with Crippen molar-refractivity contribution in [2.45, 2.75) is 36.3 Å². The fourth-order valence-corrected chi connectivity index (χ4v) is 4.09. The highest BCUT2D eigenvalue weighted by molar-refractivity contribution is 7.85. The third-order valence-corrected chi connectivity index (χ3v) is 5.64. The third kappa shape index (κ3) is 3.83. The summed E-state index contributed by atoms with van der Waals surface area (Å²) in [5.74, 6) is -0.145. The van der Waals surface area contributed by atoms with Crippen molar-refractivity contribution in [3.05, 3.63) is 63.7 Å². The highest BCUT2D eigenvalue weighted by Crippen LogP contribution is 2.40.